The molecule has 7 heteroatoms. The summed E-state index contributed by atoms with van der Waals surface area (Å²) >= 11 is 0. The normalized spacial score (nSPS) is 11.4. The second kappa shape index (κ2) is 5.69. The molecule has 2 rings (SSSR count). The van der Waals surface area contributed by atoms with Gasteiger partial charge in [-0.2, -0.15) is 0 Å². The number of anilines is 2. The van der Waals surface area contributed by atoms with Crippen LogP contribution in [0.3, 0.4) is 0 Å². The summed E-state index contributed by atoms with van der Waals surface area (Å²) in [5, 5.41) is 0. The molecule has 0 atom stereocenters. The van der Waals surface area contributed by atoms with E-state index in [0.29, 0.717) is 17.4 Å². The monoisotopic (exact) mass is 312 g/mol. The lowest BCUT2D eigenvalue weighted by molar-refractivity contribution is 0.504. The van der Waals surface area contributed by atoms with E-state index in [4.69, 9.17) is 5.73 Å². The van der Waals surface area contributed by atoms with Crippen molar-refractivity contribution < 1.29 is 17.2 Å². The van der Waals surface area contributed by atoms with E-state index < -0.39 is 21.7 Å². The van der Waals surface area contributed by atoms with Crippen LogP contribution in [0.2, 0.25) is 0 Å². The third kappa shape index (κ3) is 2.97. The molecule has 0 amide bonds. The minimum Gasteiger partial charge on any atom is -0.399 e. The Labute approximate surface area is 121 Å². The quantitative estimate of drug-likeness (QED) is 0.883. The van der Waals surface area contributed by atoms with Crippen molar-refractivity contribution in [1.82, 2.24) is 0 Å². The first-order valence-electron chi connectivity index (χ1n) is 6.19. The minimum atomic E-state index is -3.99. The molecule has 0 aliphatic carbocycles. The number of benzene rings is 2. The van der Waals surface area contributed by atoms with E-state index in [1.165, 1.54) is 6.07 Å². The van der Waals surface area contributed by atoms with E-state index in [1.807, 2.05) is 0 Å². The smallest absolute Gasteiger partial charge is 0.264 e. The van der Waals surface area contributed by atoms with E-state index in [0.717, 1.165) is 16.4 Å². The van der Waals surface area contributed by atoms with E-state index >= 15 is 0 Å². The Bertz CT molecular complexity index is 763. The molecule has 2 aromatic rings. The summed E-state index contributed by atoms with van der Waals surface area (Å²) in [7, 11) is -3.99. The maximum atomic E-state index is 13.3. The van der Waals surface area contributed by atoms with Crippen LogP contribution in [-0.2, 0) is 10.0 Å². The zero-order chi connectivity index (χ0) is 15.6. The molecule has 0 spiro atoms. The molecule has 4 nitrogen and oxygen atoms in total. The molecule has 0 radical (unpaired) electrons. The minimum absolute atomic E-state index is 0.130. The zero-order valence-electron chi connectivity index (χ0n) is 11.3. The highest BCUT2D eigenvalue weighted by atomic mass is 32.2. The topological polar surface area (TPSA) is 63.4 Å². The van der Waals surface area contributed by atoms with Gasteiger partial charge in [0.1, 0.15) is 0 Å². The molecule has 0 aliphatic heterocycles. The van der Waals surface area contributed by atoms with Gasteiger partial charge in [-0.3, -0.25) is 4.31 Å². The van der Waals surface area contributed by atoms with Crippen molar-refractivity contribution in [2.75, 3.05) is 16.6 Å². The van der Waals surface area contributed by atoms with Crippen LogP contribution in [-0.4, -0.2) is 15.0 Å². The lowest BCUT2D eigenvalue weighted by Crippen LogP contribution is -2.30. The Morgan fingerprint density at radius 2 is 1.81 bits per heavy atom. The van der Waals surface area contributed by atoms with Gasteiger partial charge in [0.25, 0.3) is 10.0 Å². The first kappa shape index (κ1) is 15.2. The predicted molar refractivity (Wildman–Crippen MR) is 77.4 cm³/mol. The number of nitrogens with zero attached hydrogens (tertiary/aromatic N) is 1. The summed E-state index contributed by atoms with van der Waals surface area (Å²) in [6.45, 7) is 1.77. The van der Waals surface area contributed by atoms with Crippen molar-refractivity contribution in [3.63, 3.8) is 0 Å². The van der Waals surface area contributed by atoms with Crippen molar-refractivity contribution in [2.24, 2.45) is 0 Å². The van der Waals surface area contributed by atoms with E-state index in [1.54, 1.807) is 25.1 Å². The van der Waals surface area contributed by atoms with Crippen molar-refractivity contribution in [2.45, 2.75) is 11.8 Å². The lowest BCUT2D eigenvalue weighted by Gasteiger charge is -2.23. The van der Waals surface area contributed by atoms with E-state index in [-0.39, 0.29) is 11.4 Å². The van der Waals surface area contributed by atoms with Gasteiger partial charge in [-0.05, 0) is 43.3 Å². The van der Waals surface area contributed by atoms with E-state index in [2.05, 4.69) is 0 Å². The molecule has 0 saturated heterocycles. The van der Waals surface area contributed by atoms with Gasteiger partial charge >= 0.3 is 0 Å². The van der Waals surface area contributed by atoms with Crippen molar-refractivity contribution >= 4 is 21.4 Å². The summed E-state index contributed by atoms with van der Waals surface area (Å²) < 4.78 is 52.4. The highest BCUT2D eigenvalue weighted by Gasteiger charge is 2.24. The van der Waals surface area contributed by atoms with Crippen LogP contribution in [0, 0.1) is 11.6 Å². The molecular formula is C14H14F2N2O2S. The molecule has 0 aliphatic rings. The average Bonchev–Trinajstić information content (AvgIpc) is 2.42. The second-order valence-corrected chi connectivity index (χ2v) is 6.20. The molecule has 0 bridgehead atoms. The SMILES string of the molecule is CCN(c1cccc(N)c1)S(=O)(=O)c1ccc(F)c(F)c1. The molecule has 0 heterocycles. The van der Waals surface area contributed by atoms with Crippen LogP contribution in [0.4, 0.5) is 20.2 Å². The number of hydrogen-bond donors (Lipinski definition) is 1. The first-order chi connectivity index (χ1) is 9.86. The Morgan fingerprint density at radius 1 is 1.10 bits per heavy atom. The Kier molecular flexibility index (Phi) is 4.13. The van der Waals surface area contributed by atoms with Crippen LogP contribution >= 0.6 is 0 Å². The summed E-state index contributed by atoms with van der Waals surface area (Å²) in [6.07, 6.45) is 0. The molecule has 2 N–H and O–H groups in total. The van der Waals surface area contributed by atoms with Gasteiger partial charge in [0, 0.05) is 12.2 Å². The maximum Gasteiger partial charge on any atom is 0.264 e. The molecule has 0 fully saturated rings. The van der Waals surface area contributed by atoms with Gasteiger partial charge in [0.05, 0.1) is 10.6 Å². The Hall–Kier alpha value is -2.15. The molecule has 0 aromatic heterocycles. The molecule has 0 saturated carbocycles. The molecule has 112 valence electrons. The molecule has 0 unspecified atom stereocenters. The number of nitrogens with two attached hydrogens (primary N) is 1. The van der Waals surface area contributed by atoms with Crippen LogP contribution in [0.5, 0.6) is 0 Å². The standard InChI is InChI=1S/C14H14F2N2O2S/c1-2-18(11-5-3-4-10(17)8-11)21(19,20)12-6-7-13(15)14(16)9-12/h3-9H,2,17H2,1H3. The number of sulfonamides is 1. The Morgan fingerprint density at radius 3 is 2.38 bits per heavy atom. The van der Waals surface area contributed by atoms with E-state index in [9.17, 15) is 17.2 Å². The fourth-order valence-corrected chi connectivity index (χ4v) is 3.41. The van der Waals surface area contributed by atoms with Crippen LogP contribution in [0.15, 0.2) is 47.4 Å². The van der Waals surface area contributed by atoms with Gasteiger partial charge < -0.3 is 5.73 Å². The average molecular weight is 312 g/mol. The predicted octanol–water partition coefficient (Wildman–Crippen LogP) is 2.76. The number of halogens is 2. The van der Waals surface area contributed by atoms with Gasteiger partial charge in [0.15, 0.2) is 11.6 Å². The molecule has 2 aromatic carbocycles. The number of hydrogen-bond acceptors (Lipinski definition) is 3. The van der Waals surface area contributed by atoms with Crippen LogP contribution in [0.1, 0.15) is 6.92 Å². The van der Waals surface area contributed by atoms with Crippen molar-refractivity contribution in [3.05, 3.63) is 54.1 Å². The van der Waals surface area contributed by atoms with Gasteiger partial charge in [-0.1, -0.05) is 6.07 Å². The largest absolute Gasteiger partial charge is 0.399 e. The van der Waals surface area contributed by atoms with Gasteiger partial charge in [-0.15, -0.1) is 0 Å². The van der Waals surface area contributed by atoms with Gasteiger partial charge in [-0.25, -0.2) is 17.2 Å². The lowest BCUT2D eigenvalue weighted by atomic mass is 10.3. The van der Waals surface area contributed by atoms with Crippen LogP contribution < -0.4 is 10.0 Å². The first-order valence-corrected chi connectivity index (χ1v) is 7.63. The highest BCUT2D eigenvalue weighted by Crippen LogP contribution is 2.25. The summed E-state index contributed by atoms with van der Waals surface area (Å²) in [5.41, 5.74) is 6.42. The molecular weight excluding hydrogens is 298 g/mol. The highest BCUT2D eigenvalue weighted by molar-refractivity contribution is 7.92. The zero-order valence-corrected chi connectivity index (χ0v) is 12.1. The van der Waals surface area contributed by atoms with Crippen molar-refractivity contribution in [3.8, 4) is 0 Å². The van der Waals surface area contributed by atoms with Crippen LogP contribution in [0.25, 0.3) is 0 Å². The van der Waals surface area contributed by atoms with Crippen molar-refractivity contribution in [1.29, 1.82) is 0 Å². The third-order valence-electron chi connectivity index (χ3n) is 2.92. The summed E-state index contributed by atoms with van der Waals surface area (Å²) in [5.74, 6) is -2.30. The fraction of sp³-hybridized carbons (Fsp3) is 0.143. The second-order valence-electron chi connectivity index (χ2n) is 4.34. The maximum absolute atomic E-state index is 13.3. The van der Waals surface area contributed by atoms with Gasteiger partial charge in [0.2, 0.25) is 0 Å². The third-order valence-corrected chi connectivity index (χ3v) is 4.82. The fourth-order valence-electron chi connectivity index (χ4n) is 1.94. The number of rotatable bonds is 4. The summed E-state index contributed by atoms with van der Waals surface area (Å²) in [6, 6.07) is 8.81. The number of nitrogen functional groups attached to an aromatic ring is 1. The molecule has 21 heavy (non-hydrogen) atoms. The summed E-state index contributed by atoms with van der Waals surface area (Å²) in [4.78, 5) is -0.314. The Balaban J connectivity index is 2.51.